The van der Waals surface area contributed by atoms with Crippen molar-refractivity contribution in [1.29, 1.82) is 0 Å². The number of likely N-dealkylation sites (tertiary alicyclic amines) is 1. The number of para-hydroxylation sites is 1. The van der Waals surface area contributed by atoms with Gasteiger partial charge in [0, 0.05) is 17.8 Å². The van der Waals surface area contributed by atoms with Crippen LogP contribution in [0.4, 0.5) is 5.69 Å². The number of anilines is 1. The molecule has 1 fully saturated rings. The highest BCUT2D eigenvalue weighted by molar-refractivity contribution is 6.01. The summed E-state index contributed by atoms with van der Waals surface area (Å²) < 4.78 is 10.9. The zero-order chi connectivity index (χ0) is 22.3. The van der Waals surface area contributed by atoms with Gasteiger partial charge in [0.05, 0.1) is 7.11 Å². The molecular formula is C26H26N2O4. The first-order valence-corrected chi connectivity index (χ1v) is 10.7. The van der Waals surface area contributed by atoms with Crippen LogP contribution in [0.5, 0.6) is 11.5 Å². The Bertz CT molecular complexity index is 1050. The van der Waals surface area contributed by atoms with E-state index >= 15 is 0 Å². The summed E-state index contributed by atoms with van der Waals surface area (Å²) in [5.41, 5.74) is 2.22. The van der Waals surface area contributed by atoms with Crippen molar-refractivity contribution in [2.75, 3.05) is 19.0 Å². The monoisotopic (exact) mass is 430 g/mol. The maximum atomic E-state index is 13.1. The number of ether oxygens (including phenoxy) is 2. The third-order valence-electron chi connectivity index (χ3n) is 5.52. The molecule has 4 rings (SSSR count). The fourth-order valence-electron chi connectivity index (χ4n) is 3.78. The number of rotatable bonds is 7. The van der Waals surface area contributed by atoms with E-state index in [0.29, 0.717) is 30.8 Å². The van der Waals surface area contributed by atoms with Gasteiger partial charge in [-0.15, -0.1) is 0 Å². The summed E-state index contributed by atoms with van der Waals surface area (Å²) in [6.07, 6.45) is 1.45. The van der Waals surface area contributed by atoms with Crippen LogP contribution < -0.4 is 14.8 Å². The van der Waals surface area contributed by atoms with Crippen LogP contribution in [0, 0.1) is 0 Å². The van der Waals surface area contributed by atoms with Crippen LogP contribution in [0.3, 0.4) is 0 Å². The summed E-state index contributed by atoms with van der Waals surface area (Å²) in [5.74, 6) is 1.22. The molecule has 0 aromatic heterocycles. The Labute approximate surface area is 187 Å². The Kier molecular flexibility index (Phi) is 6.70. The van der Waals surface area contributed by atoms with Crippen molar-refractivity contribution in [2.24, 2.45) is 0 Å². The number of hydrogen-bond donors (Lipinski definition) is 1. The van der Waals surface area contributed by atoms with Crippen molar-refractivity contribution in [1.82, 2.24) is 4.90 Å². The average Bonchev–Trinajstić information content (AvgIpc) is 3.34. The molecule has 1 saturated heterocycles. The second-order valence-corrected chi connectivity index (χ2v) is 7.67. The molecule has 1 aliphatic rings. The Morgan fingerprint density at radius 3 is 2.34 bits per heavy atom. The van der Waals surface area contributed by atoms with Gasteiger partial charge in [0.15, 0.2) is 0 Å². The highest BCUT2D eigenvalue weighted by atomic mass is 16.5. The van der Waals surface area contributed by atoms with Gasteiger partial charge in [0.25, 0.3) is 5.91 Å². The number of nitrogens with one attached hydrogen (secondary N) is 1. The smallest absolute Gasteiger partial charge is 0.254 e. The van der Waals surface area contributed by atoms with E-state index in [9.17, 15) is 9.59 Å². The predicted octanol–water partition coefficient (Wildman–Crippen LogP) is 4.52. The number of benzene rings is 3. The van der Waals surface area contributed by atoms with Gasteiger partial charge in [-0.3, -0.25) is 9.59 Å². The second kappa shape index (κ2) is 10.0. The minimum absolute atomic E-state index is 0.132. The lowest BCUT2D eigenvalue weighted by Gasteiger charge is -2.24. The van der Waals surface area contributed by atoms with Gasteiger partial charge in [-0.1, -0.05) is 30.3 Å². The average molecular weight is 431 g/mol. The lowest BCUT2D eigenvalue weighted by Crippen LogP contribution is -2.43. The van der Waals surface area contributed by atoms with E-state index in [-0.39, 0.29) is 11.8 Å². The summed E-state index contributed by atoms with van der Waals surface area (Å²) >= 11 is 0. The summed E-state index contributed by atoms with van der Waals surface area (Å²) in [6.45, 7) is 0.994. The fraction of sp³-hybridized carbons (Fsp3) is 0.231. The summed E-state index contributed by atoms with van der Waals surface area (Å²) in [4.78, 5) is 27.6. The minimum Gasteiger partial charge on any atom is -0.497 e. The molecule has 1 heterocycles. The molecule has 0 spiro atoms. The van der Waals surface area contributed by atoms with Gasteiger partial charge in [0.2, 0.25) is 5.91 Å². The molecular weight excluding hydrogens is 404 g/mol. The number of carbonyl (C=O) groups excluding carboxylic acids is 2. The zero-order valence-corrected chi connectivity index (χ0v) is 18.0. The van der Waals surface area contributed by atoms with Crippen molar-refractivity contribution in [3.63, 3.8) is 0 Å². The van der Waals surface area contributed by atoms with E-state index in [1.807, 2.05) is 42.5 Å². The molecule has 3 aromatic rings. The quantitative estimate of drug-likeness (QED) is 0.599. The van der Waals surface area contributed by atoms with Crippen LogP contribution in [-0.4, -0.2) is 36.4 Å². The molecule has 1 N–H and O–H groups in total. The van der Waals surface area contributed by atoms with Crippen LogP contribution in [-0.2, 0) is 11.4 Å². The number of amides is 2. The molecule has 164 valence electrons. The number of hydrogen-bond acceptors (Lipinski definition) is 4. The summed E-state index contributed by atoms with van der Waals surface area (Å²) in [5, 5.41) is 2.91. The van der Waals surface area contributed by atoms with Crippen LogP contribution in [0.1, 0.15) is 28.8 Å². The molecule has 1 unspecified atom stereocenters. The molecule has 0 aliphatic carbocycles. The molecule has 1 aliphatic heterocycles. The molecule has 0 bridgehead atoms. The zero-order valence-electron chi connectivity index (χ0n) is 18.0. The van der Waals surface area contributed by atoms with Crippen LogP contribution in [0.2, 0.25) is 0 Å². The highest BCUT2D eigenvalue weighted by Crippen LogP contribution is 2.23. The van der Waals surface area contributed by atoms with E-state index in [2.05, 4.69) is 5.32 Å². The van der Waals surface area contributed by atoms with E-state index < -0.39 is 6.04 Å². The third kappa shape index (κ3) is 5.09. The van der Waals surface area contributed by atoms with E-state index in [1.165, 1.54) is 0 Å². The first-order chi connectivity index (χ1) is 15.6. The maximum Gasteiger partial charge on any atom is 0.254 e. The molecule has 3 aromatic carbocycles. The second-order valence-electron chi connectivity index (χ2n) is 7.67. The minimum atomic E-state index is -0.481. The van der Waals surface area contributed by atoms with Crippen molar-refractivity contribution >= 4 is 17.5 Å². The number of methoxy groups -OCH3 is 1. The van der Waals surface area contributed by atoms with Crippen molar-refractivity contribution in [3.8, 4) is 11.5 Å². The van der Waals surface area contributed by atoms with Gasteiger partial charge in [-0.25, -0.2) is 0 Å². The third-order valence-corrected chi connectivity index (χ3v) is 5.52. The number of carbonyl (C=O) groups is 2. The van der Waals surface area contributed by atoms with Gasteiger partial charge in [-0.05, 0) is 66.9 Å². The Hall–Kier alpha value is -3.80. The summed E-state index contributed by atoms with van der Waals surface area (Å²) in [7, 11) is 1.60. The molecule has 2 amide bonds. The molecule has 0 saturated carbocycles. The summed E-state index contributed by atoms with van der Waals surface area (Å²) in [6, 6.07) is 23.6. The van der Waals surface area contributed by atoms with Crippen molar-refractivity contribution in [2.45, 2.75) is 25.5 Å². The standard InChI is InChI=1S/C26H26N2O4/c1-31-22-15-13-21(14-16-22)27-25(29)24-8-5-17-28(24)26(30)20-11-9-19(10-12-20)18-32-23-6-3-2-4-7-23/h2-4,6-7,9-16,24H,5,8,17-18H2,1H3,(H,27,29). The lowest BCUT2D eigenvalue weighted by atomic mass is 10.1. The lowest BCUT2D eigenvalue weighted by molar-refractivity contribution is -0.119. The molecule has 32 heavy (non-hydrogen) atoms. The first-order valence-electron chi connectivity index (χ1n) is 10.7. The van der Waals surface area contributed by atoms with Crippen molar-refractivity contribution < 1.29 is 19.1 Å². The molecule has 6 nitrogen and oxygen atoms in total. The highest BCUT2D eigenvalue weighted by Gasteiger charge is 2.34. The predicted molar refractivity (Wildman–Crippen MR) is 123 cm³/mol. The SMILES string of the molecule is COc1ccc(NC(=O)C2CCCN2C(=O)c2ccc(COc3ccccc3)cc2)cc1. The normalized spacial score (nSPS) is 15.3. The van der Waals surface area contributed by atoms with Crippen LogP contribution in [0.15, 0.2) is 78.9 Å². The Morgan fingerprint density at radius 1 is 0.938 bits per heavy atom. The van der Waals surface area contributed by atoms with Crippen molar-refractivity contribution in [3.05, 3.63) is 90.0 Å². The topological polar surface area (TPSA) is 67.9 Å². The van der Waals surface area contributed by atoms with Gasteiger partial charge >= 0.3 is 0 Å². The van der Waals surface area contributed by atoms with Gasteiger partial charge in [0.1, 0.15) is 24.1 Å². The molecule has 1 atom stereocenters. The molecule has 6 heteroatoms. The largest absolute Gasteiger partial charge is 0.497 e. The Balaban J connectivity index is 1.37. The maximum absolute atomic E-state index is 13.1. The van der Waals surface area contributed by atoms with E-state index in [4.69, 9.17) is 9.47 Å². The van der Waals surface area contributed by atoms with Gasteiger partial charge < -0.3 is 19.7 Å². The molecule has 0 radical (unpaired) electrons. The fourth-order valence-corrected chi connectivity index (χ4v) is 3.78. The number of nitrogens with zero attached hydrogens (tertiary/aromatic N) is 1. The van der Waals surface area contributed by atoms with Crippen LogP contribution in [0.25, 0.3) is 0 Å². The van der Waals surface area contributed by atoms with Gasteiger partial charge in [-0.2, -0.15) is 0 Å². The Morgan fingerprint density at radius 2 is 1.66 bits per heavy atom. The first kappa shape index (κ1) is 21.4. The van der Waals surface area contributed by atoms with E-state index in [0.717, 1.165) is 23.5 Å². The van der Waals surface area contributed by atoms with E-state index in [1.54, 1.807) is 48.4 Å². The van der Waals surface area contributed by atoms with Crippen LogP contribution >= 0.6 is 0 Å².